The standard InChI is InChI=1S/C11H11N3O/c1-8(15)11-4-3-9(5-12-11)10-6-13-14(2)7-10/h3-7H,1-2H3. The van der Waals surface area contributed by atoms with E-state index in [1.54, 1.807) is 23.1 Å². The summed E-state index contributed by atoms with van der Waals surface area (Å²) in [5, 5.41) is 4.07. The highest BCUT2D eigenvalue weighted by atomic mass is 16.1. The molecule has 0 aromatic carbocycles. The number of hydrogen-bond donors (Lipinski definition) is 0. The van der Waals surface area contributed by atoms with Crippen LogP contribution in [-0.4, -0.2) is 20.5 Å². The summed E-state index contributed by atoms with van der Waals surface area (Å²) in [5.41, 5.74) is 2.45. The van der Waals surface area contributed by atoms with E-state index in [2.05, 4.69) is 10.1 Å². The van der Waals surface area contributed by atoms with Gasteiger partial charge in [0.05, 0.1) is 6.20 Å². The van der Waals surface area contributed by atoms with Crippen LogP contribution in [0.15, 0.2) is 30.7 Å². The first-order chi connectivity index (χ1) is 7.16. The lowest BCUT2D eigenvalue weighted by Gasteiger charge is -1.97. The predicted molar refractivity (Wildman–Crippen MR) is 56.4 cm³/mol. The Morgan fingerprint density at radius 3 is 2.53 bits per heavy atom. The molecule has 0 saturated heterocycles. The first-order valence-corrected chi connectivity index (χ1v) is 4.63. The van der Waals surface area contributed by atoms with Gasteiger partial charge in [-0.25, -0.2) is 0 Å². The Morgan fingerprint density at radius 1 is 1.27 bits per heavy atom. The van der Waals surface area contributed by atoms with E-state index in [-0.39, 0.29) is 5.78 Å². The Hall–Kier alpha value is -1.97. The van der Waals surface area contributed by atoms with Crippen LogP contribution >= 0.6 is 0 Å². The normalized spacial score (nSPS) is 10.3. The molecule has 0 fully saturated rings. The molecule has 0 N–H and O–H groups in total. The van der Waals surface area contributed by atoms with E-state index in [9.17, 15) is 4.79 Å². The van der Waals surface area contributed by atoms with Crippen LogP contribution in [0.3, 0.4) is 0 Å². The van der Waals surface area contributed by atoms with Crippen molar-refractivity contribution in [2.45, 2.75) is 6.92 Å². The van der Waals surface area contributed by atoms with Crippen LogP contribution in [0.1, 0.15) is 17.4 Å². The van der Waals surface area contributed by atoms with Crippen LogP contribution in [0.25, 0.3) is 11.1 Å². The summed E-state index contributed by atoms with van der Waals surface area (Å²) in [7, 11) is 1.86. The number of aryl methyl sites for hydroxylation is 1. The smallest absolute Gasteiger partial charge is 0.178 e. The number of hydrogen-bond acceptors (Lipinski definition) is 3. The van der Waals surface area contributed by atoms with E-state index >= 15 is 0 Å². The maximum absolute atomic E-state index is 11.0. The fourth-order valence-corrected chi connectivity index (χ4v) is 1.34. The van der Waals surface area contributed by atoms with Crippen molar-refractivity contribution < 1.29 is 4.79 Å². The minimum absolute atomic E-state index is 0.0206. The topological polar surface area (TPSA) is 47.8 Å². The monoisotopic (exact) mass is 201 g/mol. The number of rotatable bonds is 2. The van der Waals surface area contributed by atoms with E-state index in [1.165, 1.54) is 6.92 Å². The lowest BCUT2D eigenvalue weighted by atomic mass is 10.1. The molecule has 0 spiro atoms. The number of pyridine rings is 1. The maximum Gasteiger partial charge on any atom is 0.178 e. The fourth-order valence-electron chi connectivity index (χ4n) is 1.34. The molecule has 76 valence electrons. The lowest BCUT2D eigenvalue weighted by Crippen LogP contribution is -1.95. The van der Waals surface area contributed by atoms with Gasteiger partial charge in [-0.3, -0.25) is 14.5 Å². The van der Waals surface area contributed by atoms with E-state index in [4.69, 9.17) is 0 Å². The molecule has 0 aliphatic carbocycles. The number of Topliss-reactive ketones (excluding diaryl/α,β-unsaturated/α-hetero) is 1. The van der Waals surface area contributed by atoms with Crippen molar-refractivity contribution in [2.24, 2.45) is 7.05 Å². The van der Waals surface area contributed by atoms with Gasteiger partial charge in [-0.05, 0) is 6.07 Å². The largest absolute Gasteiger partial charge is 0.293 e. The Morgan fingerprint density at radius 2 is 2.07 bits per heavy atom. The van der Waals surface area contributed by atoms with Crippen LogP contribution in [0.4, 0.5) is 0 Å². The first-order valence-electron chi connectivity index (χ1n) is 4.63. The molecule has 0 atom stereocenters. The van der Waals surface area contributed by atoms with Crippen LogP contribution in [0, 0.1) is 0 Å². The third-order valence-corrected chi connectivity index (χ3v) is 2.16. The van der Waals surface area contributed by atoms with Crippen LogP contribution in [0.2, 0.25) is 0 Å². The molecule has 2 aromatic rings. The van der Waals surface area contributed by atoms with Gasteiger partial charge in [0.2, 0.25) is 0 Å². The first kappa shape index (κ1) is 9.58. The average Bonchev–Trinajstić information content (AvgIpc) is 2.65. The molecular weight excluding hydrogens is 190 g/mol. The second-order valence-electron chi connectivity index (χ2n) is 3.39. The molecule has 4 nitrogen and oxygen atoms in total. The summed E-state index contributed by atoms with van der Waals surface area (Å²) in [6.07, 6.45) is 5.36. The number of nitrogens with zero attached hydrogens (tertiary/aromatic N) is 3. The lowest BCUT2D eigenvalue weighted by molar-refractivity contribution is 0.101. The van der Waals surface area contributed by atoms with Gasteiger partial charge in [-0.15, -0.1) is 0 Å². The van der Waals surface area contributed by atoms with Crippen LogP contribution in [-0.2, 0) is 7.05 Å². The number of ketones is 1. The van der Waals surface area contributed by atoms with Gasteiger partial charge < -0.3 is 0 Å². The van der Waals surface area contributed by atoms with Crippen molar-refractivity contribution in [3.8, 4) is 11.1 Å². The van der Waals surface area contributed by atoms with Crippen LogP contribution < -0.4 is 0 Å². The fraction of sp³-hybridized carbons (Fsp3) is 0.182. The van der Waals surface area contributed by atoms with Crippen molar-refractivity contribution in [1.82, 2.24) is 14.8 Å². The summed E-state index contributed by atoms with van der Waals surface area (Å²) in [5.74, 6) is -0.0206. The molecule has 0 aliphatic heterocycles. The zero-order valence-corrected chi connectivity index (χ0v) is 8.64. The van der Waals surface area contributed by atoms with Crippen molar-refractivity contribution in [2.75, 3.05) is 0 Å². The molecule has 0 radical (unpaired) electrons. The van der Waals surface area contributed by atoms with Gasteiger partial charge in [-0.2, -0.15) is 5.10 Å². The maximum atomic E-state index is 11.0. The van der Waals surface area contributed by atoms with E-state index in [1.807, 2.05) is 19.3 Å². The molecule has 4 heteroatoms. The Balaban J connectivity index is 2.35. The molecular formula is C11H11N3O. The van der Waals surface area contributed by atoms with Crippen LogP contribution in [0.5, 0.6) is 0 Å². The summed E-state index contributed by atoms with van der Waals surface area (Å²) >= 11 is 0. The minimum Gasteiger partial charge on any atom is -0.293 e. The third-order valence-electron chi connectivity index (χ3n) is 2.16. The Kier molecular flexibility index (Phi) is 2.33. The summed E-state index contributed by atoms with van der Waals surface area (Å²) in [4.78, 5) is 15.1. The minimum atomic E-state index is -0.0206. The molecule has 0 aliphatic rings. The second-order valence-corrected chi connectivity index (χ2v) is 3.39. The molecule has 2 heterocycles. The molecule has 15 heavy (non-hydrogen) atoms. The van der Waals surface area contributed by atoms with Gasteiger partial charge in [0.25, 0.3) is 0 Å². The average molecular weight is 201 g/mol. The van der Waals surface area contributed by atoms with Crippen molar-refractivity contribution >= 4 is 5.78 Å². The highest BCUT2D eigenvalue weighted by Crippen LogP contribution is 2.16. The van der Waals surface area contributed by atoms with Crippen molar-refractivity contribution in [1.29, 1.82) is 0 Å². The molecule has 0 amide bonds. The molecule has 0 saturated carbocycles. The van der Waals surface area contributed by atoms with E-state index < -0.39 is 0 Å². The predicted octanol–water partition coefficient (Wildman–Crippen LogP) is 1.68. The van der Waals surface area contributed by atoms with Gasteiger partial charge in [-0.1, -0.05) is 6.07 Å². The molecule has 0 bridgehead atoms. The van der Waals surface area contributed by atoms with Gasteiger partial charge >= 0.3 is 0 Å². The summed E-state index contributed by atoms with van der Waals surface area (Å²) in [6, 6.07) is 3.60. The van der Waals surface area contributed by atoms with Gasteiger partial charge in [0.1, 0.15) is 5.69 Å². The Labute approximate surface area is 87.6 Å². The summed E-state index contributed by atoms with van der Waals surface area (Å²) in [6.45, 7) is 1.51. The number of carbonyl (C=O) groups is 1. The van der Waals surface area contributed by atoms with Crippen molar-refractivity contribution in [3.05, 3.63) is 36.4 Å². The Bertz CT molecular complexity index is 485. The zero-order chi connectivity index (χ0) is 10.8. The number of carbonyl (C=O) groups excluding carboxylic acids is 1. The number of aromatic nitrogens is 3. The van der Waals surface area contributed by atoms with E-state index in [0.29, 0.717) is 5.69 Å². The second kappa shape index (κ2) is 3.65. The highest BCUT2D eigenvalue weighted by Gasteiger charge is 2.03. The zero-order valence-electron chi connectivity index (χ0n) is 8.64. The summed E-state index contributed by atoms with van der Waals surface area (Å²) < 4.78 is 1.73. The highest BCUT2D eigenvalue weighted by molar-refractivity contribution is 5.92. The van der Waals surface area contributed by atoms with E-state index in [0.717, 1.165) is 11.1 Å². The van der Waals surface area contributed by atoms with Gasteiger partial charge in [0.15, 0.2) is 5.78 Å². The molecule has 0 unspecified atom stereocenters. The third kappa shape index (κ3) is 1.93. The quantitative estimate of drug-likeness (QED) is 0.694. The van der Waals surface area contributed by atoms with Crippen molar-refractivity contribution in [3.63, 3.8) is 0 Å². The molecule has 2 rings (SSSR count). The van der Waals surface area contributed by atoms with Gasteiger partial charge in [0, 0.05) is 37.5 Å². The molecule has 2 aromatic heterocycles. The SMILES string of the molecule is CC(=O)c1ccc(-c2cnn(C)c2)cn1.